The molecular weight excluding hydrogens is 294 g/mol. The van der Waals surface area contributed by atoms with E-state index < -0.39 is 16.2 Å². The summed E-state index contributed by atoms with van der Waals surface area (Å²) in [5, 5.41) is 0. The Morgan fingerprint density at radius 3 is 2.14 bits per heavy atom. The minimum absolute atomic E-state index is 0.0153. The number of hydrogen-bond acceptors (Lipinski definition) is 5. The predicted molar refractivity (Wildman–Crippen MR) is 74.5 cm³/mol. The number of carbonyl (C=O) groups excluding carboxylic acids is 1. The highest BCUT2D eigenvalue weighted by Gasteiger charge is 2.17. The smallest absolute Gasteiger partial charge is 0.432 e. The van der Waals surface area contributed by atoms with Gasteiger partial charge in [-0.2, -0.15) is 13.9 Å². The average Bonchev–Trinajstić information content (AvgIpc) is 2.53. The molecular formula is C14H13NO5S. The topological polar surface area (TPSA) is 81.7 Å². The van der Waals surface area contributed by atoms with E-state index in [1.807, 2.05) is 6.07 Å². The third-order valence-corrected chi connectivity index (χ3v) is 3.63. The van der Waals surface area contributed by atoms with Gasteiger partial charge in [-0.1, -0.05) is 48.5 Å². The molecule has 0 saturated carbocycles. The Labute approximate surface area is 122 Å². The number of amides is 1. The maximum Gasteiger partial charge on any atom is 0.432 e. The van der Waals surface area contributed by atoms with Gasteiger partial charge in [0.1, 0.15) is 6.61 Å². The van der Waals surface area contributed by atoms with E-state index in [-0.39, 0.29) is 11.5 Å². The van der Waals surface area contributed by atoms with Crippen molar-refractivity contribution in [2.24, 2.45) is 0 Å². The summed E-state index contributed by atoms with van der Waals surface area (Å²) in [5.74, 6) is 0. The molecule has 0 heterocycles. The number of ether oxygens (including phenoxy) is 1. The van der Waals surface area contributed by atoms with Crippen molar-refractivity contribution in [3.8, 4) is 0 Å². The lowest BCUT2D eigenvalue weighted by Gasteiger charge is -2.07. The average molecular weight is 307 g/mol. The zero-order chi connectivity index (χ0) is 15.1. The van der Waals surface area contributed by atoms with Crippen molar-refractivity contribution in [3.63, 3.8) is 0 Å². The van der Waals surface area contributed by atoms with Crippen LogP contribution in [-0.4, -0.2) is 14.5 Å². The first kappa shape index (κ1) is 15.0. The van der Waals surface area contributed by atoms with Crippen LogP contribution in [0.3, 0.4) is 0 Å². The molecule has 1 amide bonds. The molecule has 2 aromatic rings. The Bertz CT molecular complexity index is 686. The lowest BCUT2D eigenvalue weighted by Crippen LogP contribution is -2.27. The molecule has 0 saturated heterocycles. The van der Waals surface area contributed by atoms with Crippen molar-refractivity contribution >= 4 is 16.2 Å². The highest BCUT2D eigenvalue weighted by molar-refractivity contribution is 7.86. The van der Waals surface area contributed by atoms with Crippen LogP contribution in [0.4, 0.5) is 4.79 Å². The molecule has 110 valence electrons. The molecule has 0 aliphatic carbocycles. The highest BCUT2D eigenvalue weighted by Crippen LogP contribution is 2.10. The van der Waals surface area contributed by atoms with E-state index in [2.05, 4.69) is 4.28 Å². The van der Waals surface area contributed by atoms with Crippen LogP contribution in [0.15, 0.2) is 65.6 Å². The Kier molecular flexibility index (Phi) is 4.91. The third-order valence-electron chi connectivity index (χ3n) is 2.48. The normalized spacial score (nSPS) is 10.9. The van der Waals surface area contributed by atoms with Gasteiger partial charge < -0.3 is 4.74 Å². The summed E-state index contributed by atoms with van der Waals surface area (Å²) < 4.78 is 32.7. The minimum Gasteiger partial charge on any atom is -0.443 e. The SMILES string of the molecule is O=C(NOS(=O)(=O)c1ccccc1)OCc1ccccc1. The zero-order valence-electron chi connectivity index (χ0n) is 10.9. The third kappa shape index (κ3) is 4.59. The molecule has 0 spiro atoms. The molecule has 7 heteroatoms. The monoisotopic (exact) mass is 307 g/mol. The quantitative estimate of drug-likeness (QED) is 0.857. The second-order valence-corrected chi connectivity index (χ2v) is 5.56. The molecule has 0 aromatic heterocycles. The highest BCUT2D eigenvalue weighted by atomic mass is 32.2. The van der Waals surface area contributed by atoms with E-state index in [0.717, 1.165) is 5.56 Å². The summed E-state index contributed by atoms with van der Waals surface area (Å²) in [7, 11) is -4.05. The maximum absolute atomic E-state index is 11.7. The Morgan fingerprint density at radius 2 is 1.52 bits per heavy atom. The molecule has 0 unspecified atom stereocenters. The molecule has 0 bridgehead atoms. The molecule has 0 fully saturated rings. The van der Waals surface area contributed by atoms with Crippen molar-refractivity contribution in [1.29, 1.82) is 0 Å². The Hall–Kier alpha value is -2.38. The summed E-state index contributed by atoms with van der Waals surface area (Å²) >= 11 is 0. The summed E-state index contributed by atoms with van der Waals surface area (Å²) in [6.45, 7) is 0.0153. The van der Waals surface area contributed by atoms with Crippen LogP contribution in [0, 0.1) is 0 Å². The number of carbonyl (C=O) groups is 1. The van der Waals surface area contributed by atoms with E-state index in [1.54, 1.807) is 47.9 Å². The molecule has 6 nitrogen and oxygen atoms in total. The van der Waals surface area contributed by atoms with Gasteiger partial charge in [-0.25, -0.2) is 4.79 Å². The number of nitrogens with one attached hydrogen (secondary N) is 1. The van der Waals surface area contributed by atoms with Gasteiger partial charge in [0, 0.05) is 0 Å². The van der Waals surface area contributed by atoms with Crippen LogP contribution in [0.2, 0.25) is 0 Å². The van der Waals surface area contributed by atoms with Gasteiger partial charge in [-0.3, -0.25) is 0 Å². The number of rotatable bonds is 5. The molecule has 0 aliphatic rings. The van der Waals surface area contributed by atoms with Crippen molar-refractivity contribution < 1.29 is 22.2 Å². The van der Waals surface area contributed by atoms with Crippen molar-refractivity contribution in [1.82, 2.24) is 5.48 Å². The van der Waals surface area contributed by atoms with Gasteiger partial charge in [-0.05, 0) is 17.7 Å². The fourth-order valence-corrected chi connectivity index (χ4v) is 2.24. The van der Waals surface area contributed by atoms with Crippen LogP contribution < -0.4 is 5.48 Å². The van der Waals surface area contributed by atoms with E-state index in [4.69, 9.17) is 4.74 Å². The molecule has 0 aliphatic heterocycles. The second kappa shape index (κ2) is 6.87. The van der Waals surface area contributed by atoms with Gasteiger partial charge in [0.15, 0.2) is 0 Å². The van der Waals surface area contributed by atoms with E-state index in [0.29, 0.717) is 0 Å². The summed E-state index contributed by atoms with van der Waals surface area (Å²) in [5.41, 5.74) is 2.52. The predicted octanol–water partition coefficient (Wildman–Crippen LogP) is 2.23. The lowest BCUT2D eigenvalue weighted by molar-refractivity contribution is 0.0971. The van der Waals surface area contributed by atoms with Crippen LogP contribution in [0.5, 0.6) is 0 Å². The van der Waals surface area contributed by atoms with E-state index >= 15 is 0 Å². The number of hydroxylamine groups is 1. The largest absolute Gasteiger partial charge is 0.443 e. The van der Waals surface area contributed by atoms with E-state index in [1.165, 1.54) is 12.1 Å². The molecule has 2 rings (SSSR count). The van der Waals surface area contributed by atoms with Gasteiger partial charge in [0.05, 0.1) is 4.90 Å². The lowest BCUT2D eigenvalue weighted by atomic mass is 10.2. The fraction of sp³-hybridized carbons (Fsp3) is 0.0714. The molecule has 0 radical (unpaired) electrons. The van der Waals surface area contributed by atoms with Crippen molar-refractivity contribution in [3.05, 3.63) is 66.2 Å². The van der Waals surface area contributed by atoms with Gasteiger partial charge in [-0.15, -0.1) is 4.28 Å². The minimum atomic E-state index is -4.05. The maximum atomic E-state index is 11.7. The molecule has 0 atom stereocenters. The van der Waals surface area contributed by atoms with Crippen LogP contribution in [0.25, 0.3) is 0 Å². The van der Waals surface area contributed by atoms with Gasteiger partial charge in [0.25, 0.3) is 0 Å². The molecule has 1 N–H and O–H groups in total. The number of benzene rings is 2. The Morgan fingerprint density at radius 1 is 0.952 bits per heavy atom. The summed E-state index contributed by atoms with van der Waals surface area (Å²) in [4.78, 5) is 11.3. The van der Waals surface area contributed by atoms with Crippen LogP contribution in [0.1, 0.15) is 5.56 Å². The fourth-order valence-electron chi connectivity index (χ4n) is 1.48. The second-order valence-electron chi connectivity index (χ2n) is 4.01. The summed E-state index contributed by atoms with van der Waals surface area (Å²) in [6.07, 6.45) is -0.988. The van der Waals surface area contributed by atoms with Crippen LogP contribution in [-0.2, 0) is 25.7 Å². The first-order valence-electron chi connectivity index (χ1n) is 6.03. The standard InChI is InChI=1S/C14H13NO5S/c16-14(19-11-12-7-3-1-4-8-12)15-20-21(17,18)13-9-5-2-6-10-13/h1-10H,11H2,(H,15,16). The van der Waals surface area contributed by atoms with Gasteiger partial charge in [0.2, 0.25) is 0 Å². The first-order valence-corrected chi connectivity index (χ1v) is 7.44. The first-order chi connectivity index (χ1) is 10.1. The van der Waals surface area contributed by atoms with Crippen molar-refractivity contribution in [2.45, 2.75) is 11.5 Å². The van der Waals surface area contributed by atoms with Crippen molar-refractivity contribution in [2.75, 3.05) is 0 Å². The zero-order valence-corrected chi connectivity index (χ0v) is 11.7. The van der Waals surface area contributed by atoms with Gasteiger partial charge >= 0.3 is 16.2 Å². The molecule has 21 heavy (non-hydrogen) atoms. The van der Waals surface area contributed by atoms with Crippen LogP contribution >= 0.6 is 0 Å². The van der Waals surface area contributed by atoms with E-state index in [9.17, 15) is 13.2 Å². The summed E-state index contributed by atoms with van der Waals surface area (Å²) in [6, 6.07) is 16.4. The molecule has 2 aromatic carbocycles. The number of hydrogen-bond donors (Lipinski definition) is 1. The Balaban J connectivity index is 1.84.